The molecule has 2 aromatic carbocycles. The molecule has 1 aromatic heterocycles. The first-order valence-electron chi connectivity index (χ1n) is 11.2. The van der Waals surface area contributed by atoms with Crippen molar-refractivity contribution in [2.75, 3.05) is 38.6 Å². The number of nitrogens with zero attached hydrogens (tertiary/aromatic N) is 2. The van der Waals surface area contributed by atoms with E-state index < -0.39 is 0 Å². The molecule has 1 N–H and O–H groups in total. The van der Waals surface area contributed by atoms with E-state index in [4.69, 9.17) is 20.8 Å². The molecule has 2 aliphatic rings. The Morgan fingerprint density at radius 1 is 1.09 bits per heavy atom. The van der Waals surface area contributed by atoms with Crippen LogP contribution in [0.2, 0.25) is 5.02 Å². The lowest BCUT2D eigenvalue weighted by atomic mass is 9.78. The number of rotatable bonds is 3. The van der Waals surface area contributed by atoms with Gasteiger partial charge in [0.25, 0.3) is 5.91 Å². The van der Waals surface area contributed by atoms with Crippen LogP contribution in [0, 0.1) is 5.41 Å². The number of benzene rings is 2. The van der Waals surface area contributed by atoms with Crippen LogP contribution in [0.1, 0.15) is 29.8 Å². The number of halogens is 2. The topological polar surface area (TPSA) is 75.0 Å². The minimum Gasteiger partial charge on any atom is -0.493 e. The number of methoxy groups -OCH3 is 1. The van der Waals surface area contributed by atoms with Crippen molar-refractivity contribution in [3.05, 3.63) is 57.7 Å². The minimum atomic E-state index is -0.143. The summed E-state index contributed by atoms with van der Waals surface area (Å²) >= 11 is 9.62. The van der Waals surface area contributed by atoms with Gasteiger partial charge in [-0.1, -0.05) is 39.7 Å². The summed E-state index contributed by atoms with van der Waals surface area (Å²) in [6, 6.07) is 12.6. The van der Waals surface area contributed by atoms with E-state index in [1.54, 1.807) is 25.3 Å². The molecule has 0 radical (unpaired) electrons. The number of hydrogen-bond donors (Lipinski definition) is 1. The first-order valence-corrected chi connectivity index (χ1v) is 12.4. The number of carbonyl (C=O) groups excluding carboxylic acids is 2. The Morgan fingerprint density at radius 3 is 2.53 bits per heavy atom. The minimum absolute atomic E-state index is 0.0364. The fourth-order valence-electron chi connectivity index (χ4n) is 4.94. The predicted molar refractivity (Wildman–Crippen MR) is 135 cm³/mol. The van der Waals surface area contributed by atoms with Crippen LogP contribution in [0.4, 0.5) is 10.5 Å². The summed E-state index contributed by atoms with van der Waals surface area (Å²) in [4.78, 5) is 29.6. The summed E-state index contributed by atoms with van der Waals surface area (Å²) in [5.74, 6) is 0.836. The first kappa shape index (κ1) is 23.1. The molecule has 7 nitrogen and oxygen atoms in total. The Morgan fingerprint density at radius 2 is 1.82 bits per heavy atom. The van der Waals surface area contributed by atoms with Crippen LogP contribution in [0.25, 0.3) is 11.0 Å². The average molecular weight is 547 g/mol. The Labute approximate surface area is 211 Å². The van der Waals surface area contributed by atoms with Gasteiger partial charge in [-0.15, -0.1) is 0 Å². The summed E-state index contributed by atoms with van der Waals surface area (Å²) in [7, 11) is 1.58. The smallest absolute Gasteiger partial charge is 0.321 e. The molecule has 0 saturated carbocycles. The van der Waals surface area contributed by atoms with Crippen molar-refractivity contribution < 1.29 is 18.7 Å². The molecular formula is C25H25BrClN3O4. The van der Waals surface area contributed by atoms with Crippen LogP contribution < -0.4 is 10.1 Å². The Bertz CT molecular complexity index is 1250. The molecule has 0 bridgehead atoms. The lowest BCUT2D eigenvalue weighted by Gasteiger charge is -2.38. The molecule has 3 aromatic rings. The first-order chi connectivity index (χ1) is 16.4. The van der Waals surface area contributed by atoms with Crippen molar-refractivity contribution >= 4 is 56.1 Å². The van der Waals surface area contributed by atoms with Gasteiger partial charge in [-0.2, -0.15) is 0 Å². The molecule has 5 rings (SSSR count). The summed E-state index contributed by atoms with van der Waals surface area (Å²) in [6.45, 7) is 2.65. The second-order valence-electron chi connectivity index (χ2n) is 9.01. The molecule has 0 atom stereocenters. The molecular weight excluding hydrogens is 522 g/mol. The fraction of sp³-hybridized carbons (Fsp3) is 0.360. The third-order valence-corrected chi connectivity index (χ3v) is 7.75. The number of piperidine rings is 1. The predicted octanol–water partition coefficient (Wildman–Crippen LogP) is 6.02. The molecule has 3 heterocycles. The molecule has 1 spiro atoms. The third kappa shape index (κ3) is 4.36. The monoisotopic (exact) mass is 545 g/mol. The number of amides is 3. The summed E-state index contributed by atoms with van der Waals surface area (Å²) < 4.78 is 12.1. The second-order valence-corrected chi connectivity index (χ2v) is 10.3. The van der Waals surface area contributed by atoms with Gasteiger partial charge in [0, 0.05) is 36.0 Å². The van der Waals surface area contributed by atoms with Gasteiger partial charge in [-0.3, -0.25) is 4.79 Å². The summed E-state index contributed by atoms with van der Waals surface area (Å²) in [6.07, 6.45) is 2.63. The van der Waals surface area contributed by atoms with Gasteiger partial charge < -0.3 is 24.3 Å². The highest BCUT2D eigenvalue weighted by Crippen LogP contribution is 2.41. The maximum Gasteiger partial charge on any atom is 0.321 e. The fourth-order valence-corrected chi connectivity index (χ4v) is 5.66. The zero-order chi connectivity index (χ0) is 23.9. The third-order valence-electron chi connectivity index (χ3n) is 6.95. The van der Waals surface area contributed by atoms with Gasteiger partial charge in [0.15, 0.2) is 17.1 Å². The molecule has 3 amide bonds. The van der Waals surface area contributed by atoms with E-state index >= 15 is 0 Å². The molecule has 2 saturated heterocycles. The number of likely N-dealkylation sites (tertiary alicyclic amines) is 2. The SMILES string of the molecule is COc1cccc2cc(C(=O)N3CCC4(CCN(C(=O)Nc5ccc(Br)cc5Cl)C4)CC3)oc12. The van der Waals surface area contributed by atoms with Crippen LogP contribution in [0.3, 0.4) is 0 Å². The highest BCUT2D eigenvalue weighted by molar-refractivity contribution is 9.10. The van der Waals surface area contributed by atoms with E-state index in [9.17, 15) is 9.59 Å². The van der Waals surface area contributed by atoms with Crippen LogP contribution in [0.5, 0.6) is 5.75 Å². The molecule has 9 heteroatoms. The highest BCUT2D eigenvalue weighted by Gasteiger charge is 2.43. The van der Waals surface area contributed by atoms with Gasteiger partial charge in [0.05, 0.1) is 17.8 Å². The number of urea groups is 1. The molecule has 0 unspecified atom stereocenters. The maximum atomic E-state index is 13.1. The number of para-hydroxylation sites is 1. The van der Waals surface area contributed by atoms with Gasteiger partial charge in [-0.05, 0) is 55.0 Å². The van der Waals surface area contributed by atoms with Gasteiger partial charge in [-0.25, -0.2) is 4.79 Å². The maximum absolute atomic E-state index is 13.1. The van der Waals surface area contributed by atoms with Gasteiger partial charge in [0.1, 0.15) is 0 Å². The number of nitrogens with one attached hydrogen (secondary N) is 1. The number of hydrogen-bond acceptors (Lipinski definition) is 4. The Kier molecular flexibility index (Phi) is 6.20. The number of furan rings is 1. The van der Waals surface area contributed by atoms with E-state index in [-0.39, 0.29) is 17.4 Å². The summed E-state index contributed by atoms with van der Waals surface area (Å²) in [5, 5.41) is 4.26. The number of ether oxygens (including phenoxy) is 1. The number of fused-ring (bicyclic) bond motifs is 1. The van der Waals surface area contributed by atoms with Gasteiger partial charge in [0.2, 0.25) is 0 Å². The lowest BCUT2D eigenvalue weighted by Crippen LogP contribution is -2.45. The van der Waals surface area contributed by atoms with Gasteiger partial charge >= 0.3 is 6.03 Å². The average Bonchev–Trinajstić information content (AvgIpc) is 3.45. The van der Waals surface area contributed by atoms with Crippen LogP contribution in [-0.2, 0) is 0 Å². The number of carbonyl (C=O) groups is 2. The van der Waals surface area contributed by atoms with Crippen molar-refractivity contribution in [3.63, 3.8) is 0 Å². The quantitative estimate of drug-likeness (QED) is 0.436. The highest BCUT2D eigenvalue weighted by atomic mass is 79.9. The van der Waals surface area contributed by atoms with E-state index in [2.05, 4.69) is 21.2 Å². The lowest BCUT2D eigenvalue weighted by molar-refractivity contribution is 0.0567. The normalized spacial score (nSPS) is 17.4. The van der Waals surface area contributed by atoms with Crippen LogP contribution >= 0.6 is 27.5 Å². The standard InChI is InChI=1S/C25H25BrClN3O4/c1-33-20-4-2-3-16-13-21(34-22(16)20)23(31)29-10-7-25(8-11-29)9-12-30(15-25)24(32)28-19-6-5-17(26)14-18(19)27/h2-6,13-14H,7-12,15H2,1H3,(H,28,32). The van der Waals surface area contributed by atoms with E-state index in [0.717, 1.165) is 29.1 Å². The number of anilines is 1. The largest absolute Gasteiger partial charge is 0.493 e. The molecule has 2 fully saturated rings. The molecule has 178 valence electrons. The second kappa shape index (κ2) is 9.15. The zero-order valence-electron chi connectivity index (χ0n) is 18.8. The Balaban J connectivity index is 1.20. The zero-order valence-corrected chi connectivity index (χ0v) is 21.1. The molecule has 0 aliphatic carbocycles. The van der Waals surface area contributed by atoms with Crippen molar-refractivity contribution in [1.29, 1.82) is 0 Å². The van der Waals surface area contributed by atoms with E-state index in [1.807, 2.05) is 34.1 Å². The van der Waals surface area contributed by atoms with E-state index in [1.165, 1.54) is 0 Å². The van der Waals surface area contributed by atoms with Crippen LogP contribution in [0.15, 0.2) is 51.4 Å². The summed E-state index contributed by atoms with van der Waals surface area (Å²) in [5.41, 5.74) is 1.22. The van der Waals surface area contributed by atoms with Crippen molar-refractivity contribution in [3.8, 4) is 5.75 Å². The Hall–Kier alpha value is -2.71. The van der Waals surface area contributed by atoms with E-state index in [0.29, 0.717) is 54.0 Å². The molecule has 34 heavy (non-hydrogen) atoms. The van der Waals surface area contributed by atoms with Crippen LogP contribution in [-0.4, -0.2) is 55.0 Å². The molecule has 2 aliphatic heterocycles. The van der Waals surface area contributed by atoms with Crippen molar-refractivity contribution in [1.82, 2.24) is 9.80 Å². The van der Waals surface area contributed by atoms with Crippen molar-refractivity contribution in [2.45, 2.75) is 19.3 Å². The van der Waals surface area contributed by atoms with Crippen molar-refractivity contribution in [2.24, 2.45) is 5.41 Å².